The highest BCUT2D eigenvalue weighted by Crippen LogP contribution is 2.31. The van der Waals surface area contributed by atoms with E-state index >= 15 is 0 Å². The van der Waals surface area contributed by atoms with Crippen molar-refractivity contribution in [2.45, 2.75) is 12.5 Å². The van der Waals surface area contributed by atoms with E-state index in [0.29, 0.717) is 6.42 Å². The molecular weight excluding hydrogens is 112 g/mol. The van der Waals surface area contributed by atoms with Crippen LogP contribution in [0.25, 0.3) is 0 Å². The van der Waals surface area contributed by atoms with Crippen LogP contribution < -0.4 is 0 Å². The largest absolute Gasteiger partial charge is 0.388 e. The molecule has 46 valence electrons. The molecule has 1 unspecified atom stereocenters. The lowest BCUT2D eigenvalue weighted by Crippen LogP contribution is -2.15. The molecule has 1 aromatic rings. The molecule has 0 heterocycles. The van der Waals surface area contributed by atoms with Crippen LogP contribution in [-0.4, -0.2) is 5.11 Å². The van der Waals surface area contributed by atoms with Crippen molar-refractivity contribution >= 4 is 0 Å². The van der Waals surface area contributed by atoms with E-state index in [-0.39, 0.29) is 0 Å². The van der Waals surface area contributed by atoms with Gasteiger partial charge >= 0.3 is 0 Å². The Kier molecular flexibility index (Phi) is 0.714. The van der Waals surface area contributed by atoms with Gasteiger partial charge in [-0.05, 0) is 11.1 Å². The minimum Gasteiger partial charge on any atom is -0.388 e. The standard InChI is InChI=1S/C8H8O/c9-8-5-6-3-1-2-4-7(6)8/h1-4,8-9H,5H2/i8D. The summed E-state index contributed by atoms with van der Waals surface area (Å²) in [4.78, 5) is 0. The van der Waals surface area contributed by atoms with Gasteiger partial charge in [-0.25, -0.2) is 0 Å². The summed E-state index contributed by atoms with van der Waals surface area (Å²) in [5, 5.41) is 9.23. The van der Waals surface area contributed by atoms with E-state index in [0.717, 1.165) is 11.1 Å². The predicted octanol–water partition coefficient (Wildman–Crippen LogP) is 1.28. The summed E-state index contributed by atoms with van der Waals surface area (Å²) in [6, 6.07) is 7.51. The summed E-state index contributed by atoms with van der Waals surface area (Å²) in [6.45, 7) is 0. The van der Waals surface area contributed by atoms with Gasteiger partial charge in [0, 0.05) is 6.42 Å². The zero-order chi connectivity index (χ0) is 7.19. The minimum atomic E-state index is -1.30. The van der Waals surface area contributed by atoms with Gasteiger partial charge in [0.2, 0.25) is 0 Å². The van der Waals surface area contributed by atoms with Crippen molar-refractivity contribution in [3.63, 3.8) is 0 Å². The molecule has 0 bridgehead atoms. The average Bonchev–Trinajstić information content (AvgIpc) is 1.86. The SMILES string of the molecule is [2H]C1(O)Cc2ccccc21. The molecule has 0 aliphatic heterocycles. The van der Waals surface area contributed by atoms with Crippen molar-refractivity contribution in [3.05, 3.63) is 35.4 Å². The summed E-state index contributed by atoms with van der Waals surface area (Å²) in [6.07, 6.45) is -0.820. The first-order chi connectivity index (χ1) is 4.70. The third-order valence-corrected chi connectivity index (χ3v) is 1.69. The highest BCUT2D eigenvalue weighted by molar-refractivity contribution is 5.37. The molecule has 1 N–H and O–H groups in total. The van der Waals surface area contributed by atoms with Gasteiger partial charge in [0.05, 0.1) is 7.45 Å². The molecular formula is C8H8O. The Bertz CT molecular complexity index is 268. The minimum absolute atomic E-state index is 0.475. The van der Waals surface area contributed by atoms with E-state index in [1.807, 2.05) is 18.2 Å². The quantitative estimate of drug-likeness (QED) is 0.548. The highest BCUT2D eigenvalue weighted by Gasteiger charge is 2.21. The zero-order valence-corrected chi connectivity index (χ0v) is 4.96. The molecule has 0 fully saturated rings. The molecule has 0 saturated heterocycles. The molecule has 0 spiro atoms. The molecule has 0 saturated carbocycles. The first-order valence-corrected chi connectivity index (χ1v) is 3.01. The second-order valence-electron chi connectivity index (χ2n) is 2.28. The fourth-order valence-corrected chi connectivity index (χ4v) is 1.12. The van der Waals surface area contributed by atoms with Gasteiger partial charge < -0.3 is 5.11 Å². The summed E-state index contributed by atoms with van der Waals surface area (Å²) >= 11 is 0. The molecule has 9 heavy (non-hydrogen) atoms. The van der Waals surface area contributed by atoms with Crippen LogP contribution in [0.2, 0.25) is 0 Å². The fraction of sp³-hybridized carbons (Fsp3) is 0.250. The number of hydrogen-bond acceptors (Lipinski definition) is 1. The van der Waals surface area contributed by atoms with Crippen LogP contribution in [0, 0.1) is 0 Å². The molecule has 0 amide bonds. The molecule has 1 aliphatic carbocycles. The lowest BCUT2D eigenvalue weighted by Gasteiger charge is -2.24. The van der Waals surface area contributed by atoms with Crippen molar-refractivity contribution in [2.24, 2.45) is 0 Å². The van der Waals surface area contributed by atoms with Gasteiger partial charge in [-0.3, -0.25) is 0 Å². The summed E-state index contributed by atoms with van der Waals surface area (Å²) in [5.41, 5.74) is 1.86. The number of rotatable bonds is 0. The Morgan fingerprint density at radius 3 is 2.89 bits per heavy atom. The molecule has 1 atom stereocenters. The van der Waals surface area contributed by atoms with Gasteiger partial charge in [0.1, 0.15) is 0 Å². The van der Waals surface area contributed by atoms with Gasteiger partial charge in [0.15, 0.2) is 0 Å². The van der Waals surface area contributed by atoms with Crippen molar-refractivity contribution in [2.75, 3.05) is 0 Å². The second kappa shape index (κ2) is 1.58. The first kappa shape index (κ1) is 4.07. The Hall–Kier alpha value is -0.820. The normalized spacial score (nSPS) is 32.3. The van der Waals surface area contributed by atoms with Crippen LogP contribution in [0.15, 0.2) is 24.3 Å². The van der Waals surface area contributed by atoms with Gasteiger partial charge in [-0.1, -0.05) is 24.3 Å². The molecule has 0 aromatic heterocycles. The van der Waals surface area contributed by atoms with Crippen LogP contribution in [-0.2, 0) is 6.42 Å². The van der Waals surface area contributed by atoms with Crippen molar-refractivity contribution in [3.8, 4) is 0 Å². The topological polar surface area (TPSA) is 20.2 Å². The monoisotopic (exact) mass is 121 g/mol. The van der Waals surface area contributed by atoms with E-state index in [1.165, 1.54) is 0 Å². The third-order valence-electron chi connectivity index (χ3n) is 1.69. The van der Waals surface area contributed by atoms with Gasteiger partial charge in [0.25, 0.3) is 0 Å². The van der Waals surface area contributed by atoms with E-state index in [2.05, 4.69) is 0 Å². The number of benzene rings is 1. The molecule has 2 rings (SSSR count). The lowest BCUT2D eigenvalue weighted by molar-refractivity contribution is 0.154. The Labute approximate surface area is 55.4 Å². The second-order valence-corrected chi connectivity index (χ2v) is 2.28. The predicted molar refractivity (Wildman–Crippen MR) is 35.1 cm³/mol. The first-order valence-electron chi connectivity index (χ1n) is 3.51. The van der Waals surface area contributed by atoms with Gasteiger partial charge in [-0.15, -0.1) is 0 Å². The molecule has 1 aliphatic rings. The van der Waals surface area contributed by atoms with Gasteiger partial charge in [-0.2, -0.15) is 0 Å². The Morgan fingerprint density at radius 1 is 1.56 bits per heavy atom. The van der Waals surface area contributed by atoms with Crippen molar-refractivity contribution in [1.29, 1.82) is 0 Å². The van der Waals surface area contributed by atoms with Crippen LogP contribution in [0.5, 0.6) is 0 Å². The van der Waals surface area contributed by atoms with Crippen LogP contribution in [0.3, 0.4) is 0 Å². The molecule has 1 aromatic carbocycles. The maximum absolute atomic E-state index is 9.23. The average molecular weight is 121 g/mol. The summed E-state index contributed by atoms with van der Waals surface area (Å²) < 4.78 is 7.30. The smallest absolute Gasteiger partial charge is 0.0833 e. The van der Waals surface area contributed by atoms with Crippen LogP contribution >= 0.6 is 0 Å². The number of fused-ring (bicyclic) bond motifs is 1. The number of hydrogen-bond donors (Lipinski definition) is 1. The van der Waals surface area contributed by atoms with Crippen LogP contribution in [0.1, 0.15) is 18.6 Å². The molecule has 1 heteroatoms. The number of aliphatic hydroxyl groups is 1. The van der Waals surface area contributed by atoms with Crippen LogP contribution in [0.4, 0.5) is 0 Å². The lowest BCUT2D eigenvalue weighted by atomic mass is 9.86. The summed E-state index contributed by atoms with van der Waals surface area (Å²) in [7, 11) is 0. The Morgan fingerprint density at radius 2 is 2.33 bits per heavy atom. The van der Waals surface area contributed by atoms with Crippen molar-refractivity contribution < 1.29 is 6.48 Å². The maximum atomic E-state index is 9.23. The molecule has 0 radical (unpaired) electrons. The Balaban J connectivity index is 2.53. The summed E-state index contributed by atoms with van der Waals surface area (Å²) in [5.74, 6) is 0. The van der Waals surface area contributed by atoms with E-state index in [4.69, 9.17) is 1.37 Å². The maximum Gasteiger partial charge on any atom is 0.0833 e. The van der Waals surface area contributed by atoms with E-state index in [9.17, 15) is 5.11 Å². The van der Waals surface area contributed by atoms with E-state index in [1.54, 1.807) is 6.07 Å². The van der Waals surface area contributed by atoms with Crippen molar-refractivity contribution in [1.82, 2.24) is 0 Å². The fourth-order valence-electron chi connectivity index (χ4n) is 1.12. The zero-order valence-electron chi connectivity index (χ0n) is 5.96. The molecule has 1 nitrogen and oxygen atoms in total. The van der Waals surface area contributed by atoms with E-state index < -0.39 is 6.08 Å². The third kappa shape index (κ3) is 0.583. The highest BCUT2D eigenvalue weighted by atomic mass is 16.3.